The lowest BCUT2D eigenvalue weighted by Crippen LogP contribution is -2.03. The number of hydrogen-bond acceptors (Lipinski definition) is 2. The molecule has 0 fully saturated rings. The average Bonchev–Trinajstić information content (AvgIpc) is 2.56. The highest BCUT2D eigenvalue weighted by Crippen LogP contribution is 2.27. The number of hydrogen-bond donors (Lipinski definition) is 0. The van der Waals surface area contributed by atoms with Crippen molar-refractivity contribution in [1.82, 2.24) is 0 Å². The summed E-state index contributed by atoms with van der Waals surface area (Å²) < 4.78 is 3.52. The van der Waals surface area contributed by atoms with Crippen molar-refractivity contribution in [2.45, 2.75) is 0 Å². The molecule has 3 aromatic carbocycles. The molecule has 1 heterocycles. The lowest BCUT2D eigenvalue weighted by atomic mass is 10.1. The fourth-order valence-corrected chi connectivity index (χ4v) is 4.00. The van der Waals surface area contributed by atoms with Gasteiger partial charge in [-0.3, -0.25) is 0 Å². The molecule has 4 aromatic rings. The molecule has 0 saturated carbocycles. The lowest BCUT2D eigenvalue weighted by Gasteiger charge is -2.04. The van der Waals surface area contributed by atoms with E-state index in [1.54, 1.807) is 0 Å². The van der Waals surface area contributed by atoms with Crippen LogP contribution in [0, 0.1) is 0 Å². The van der Waals surface area contributed by atoms with Gasteiger partial charge in [0.15, 0.2) is 0 Å². The van der Waals surface area contributed by atoms with Gasteiger partial charge in [0, 0.05) is 24.6 Å². The van der Waals surface area contributed by atoms with E-state index >= 15 is 0 Å². The van der Waals surface area contributed by atoms with E-state index in [9.17, 15) is 0 Å². The van der Waals surface area contributed by atoms with Crippen LogP contribution in [0.4, 0.5) is 5.69 Å². The van der Waals surface area contributed by atoms with Crippen LogP contribution in [-0.2, 0) is 0 Å². The average molecular weight is 366 g/mol. The van der Waals surface area contributed by atoms with Crippen LogP contribution in [0.25, 0.3) is 20.2 Å². The minimum Gasteiger partial charge on any atom is -0.246 e. The highest BCUT2D eigenvalue weighted by Gasteiger charge is 2.04. The first kappa shape index (κ1) is 13.7. The quantitative estimate of drug-likeness (QED) is 0.364. The first-order chi connectivity index (χ1) is 10.8. The van der Waals surface area contributed by atoms with Gasteiger partial charge in [-0.2, -0.15) is 0 Å². The zero-order valence-electron chi connectivity index (χ0n) is 11.7. The predicted molar refractivity (Wildman–Crippen MR) is 98.7 cm³/mol. The van der Waals surface area contributed by atoms with Crippen LogP contribution >= 0.6 is 27.3 Å². The van der Waals surface area contributed by atoms with Gasteiger partial charge in [0.1, 0.15) is 0 Å². The normalized spacial score (nSPS) is 11.0. The maximum atomic E-state index is 4.96. The van der Waals surface area contributed by atoms with Gasteiger partial charge in [-0.1, -0.05) is 48.5 Å². The van der Waals surface area contributed by atoms with Crippen LogP contribution in [0.15, 0.2) is 82.3 Å². The molecule has 4 rings (SSSR count). The number of nitrogens with zero attached hydrogens (tertiary/aromatic N) is 1. The van der Waals surface area contributed by atoms with E-state index in [1.807, 2.05) is 35.6 Å². The Bertz CT molecular complexity index is 993. The van der Waals surface area contributed by atoms with Crippen molar-refractivity contribution in [2.75, 3.05) is 0 Å². The number of fused-ring (bicyclic) bond motifs is 2. The molecule has 0 N–H and O–H groups in total. The number of para-hydroxylation sites is 1. The molecular formula is C19H12BrNS. The highest BCUT2D eigenvalue weighted by atomic mass is 79.9. The first-order valence-corrected chi connectivity index (χ1v) is 8.64. The largest absolute Gasteiger partial charge is 0.246 e. The summed E-state index contributed by atoms with van der Waals surface area (Å²) in [5.74, 6) is 0. The van der Waals surface area contributed by atoms with Crippen molar-refractivity contribution in [1.29, 1.82) is 0 Å². The Morgan fingerprint density at radius 1 is 0.682 bits per heavy atom. The van der Waals surface area contributed by atoms with E-state index in [4.69, 9.17) is 4.99 Å². The molecule has 106 valence electrons. The van der Waals surface area contributed by atoms with Crippen LogP contribution in [0.5, 0.6) is 0 Å². The second-order valence-corrected chi connectivity index (χ2v) is 6.94. The summed E-state index contributed by atoms with van der Waals surface area (Å²) in [7, 11) is 0. The minimum atomic E-state index is 0.953. The van der Waals surface area contributed by atoms with Gasteiger partial charge in [-0.15, -0.1) is 11.3 Å². The van der Waals surface area contributed by atoms with Crippen LogP contribution in [0.2, 0.25) is 0 Å². The van der Waals surface area contributed by atoms with E-state index in [0.29, 0.717) is 0 Å². The van der Waals surface area contributed by atoms with Crippen molar-refractivity contribution in [2.24, 2.45) is 4.99 Å². The lowest BCUT2D eigenvalue weighted by molar-refractivity contribution is 1.38. The molecule has 0 bridgehead atoms. The van der Waals surface area contributed by atoms with E-state index in [0.717, 1.165) is 15.5 Å². The van der Waals surface area contributed by atoms with E-state index < -0.39 is 0 Å². The van der Waals surface area contributed by atoms with Crippen LogP contribution in [0.1, 0.15) is 0 Å². The van der Waals surface area contributed by atoms with Crippen molar-refractivity contribution in [3.63, 3.8) is 0 Å². The fourth-order valence-electron chi connectivity index (χ4n) is 2.55. The zero-order valence-corrected chi connectivity index (χ0v) is 14.1. The topological polar surface area (TPSA) is 12.4 Å². The molecule has 0 aliphatic carbocycles. The summed E-state index contributed by atoms with van der Waals surface area (Å²) >= 11 is 5.40. The van der Waals surface area contributed by atoms with Crippen molar-refractivity contribution >= 4 is 53.1 Å². The van der Waals surface area contributed by atoms with Gasteiger partial charge in [0.05, 0.1) is 11.0 Å². The summed E-state index contributed by atoms with van der Waals surface area (Å²) in [6.45, 7) is 0. The second kappa shape index (κ2) is 5.67. The molecule has 1 aromatic heterocycles. The third kappa shape index (κ3) is 2.36. The standard InChI is InChI=1S/C19H12BrNS/c20-15-9-3-4-10-16(15)21-19-13-7-1-5-11-17(13)22-18-12-6-2-8-14(18)19/h1-12H. The van der Waals surface area contributed by atoms with E-state index in [2.05, 4.69) is 64.5 Å². The Morgan fingerprint density at radius 3 is 1.86 bits per heavy atom. The Hall–Kier alpha value is -1.97. The minimum absolute atomic E-state index is 0.953. The third-order valence-electron chi connectivity index (χ3n) is 3.59. The number of benzene rings is 3. The third-order valence-corrected chi connectivity index (χ3v) is 5.41. The van der Waals surface area contributed by atoms with Gasteiger partial charge >= 0.3 is 0 Å². The Labute approximate surface area is 140 Å². The number of halogens is 1. The smallest absolute Gasteiger partial charge is 0.0810 e. The maximum Gasteiger partial charge on any atom is 0.0810 e. The summed E-state index contributed by atoms with van der Waals surface area (Å²) in [5, 5.41) is 3.43. The van der Waals surface area contributed by atoms with Crippen LogP contribution < -0.4 is 5.36 Å². The van der Waals surface area contributed by atoms with Crippen molar-refractivity contribution in [3.05, 3.63) is 82.6 Å². The molecule has 1 nitrogen and oxygen atoms in total. The summed E-state index contributed by atoms with van der Waals surface area (Å²) in [6, 6.07) is 25.0. The van der Waals surface area contributed by atoms with Crippen molar-refractivity contribution in [3.8, 4) is 0 Å². The van der Waals surface area contributed by atoms with Crippen LogP contribution in [-0.4, -0.2) is 0 Å². The molecule has 0 amide bonds. The molecule has 0 atom stereocenters. The molecule has 3 heteroatoms. The Kier molecular flexibility index (Phi) is 3.53. The monoisotopic (exact) mass is 365 g/mol. The van der Waals surface area contributed by atoms with Gasteiger partial charge in [-0.25, -0.2) is 4.99 Å². The highest BCUT2D eigenvalue weighted by molar-refractivity contribution is 9.10. The second-order valence-electron chi connectivity index (χ2n) is 5.01. The van der Waals surface area contributed by atoms with E-state index in [1.165, 1.54) is 20.2 Å². The molecular weight excluding hydrogens is 354 g/mol. The van der Waals surface area contributed by atoms with Gasteiger partial charge in [0.25, 0.3) is 0 Å². The summed E-state index contributed by atoms with van der Waals surface area (Å²) in [5.41, 5.74) is 0.953. The van der Waals surface area contributed by atoms with Crippen LogP contribution in [0.3, 0.4) is 0 Å². The van der Waals surface area contributed by atoms with Gasteiger partial charge in [-0.05, 0) is 40.2 Å². The number of rotatable bonds is 1. The molecule has 0 aliphatic heterocycles. The maximum absolute atomic E-state index is 4.96. The zero-order chi connectivity index (χ0) is 14.9. The Balaban J connectivity index is 2.20. The molecule has 22 heavy (non-hydrogen) atoms. The molecule has 0 unspecified atom stereocenters. The van der Waals surface area contributed by atoms with Gasteiger partial charge < -0.3 is 0 Å². The molecule has 0 saturated heterocycles. The Morgan fingerprint density at radius 2 is 1.23 bits per heavy atom. The fraction of sp³-hybridized carbons (Fsp3) is 0. The molecule has 0 aliphatic rings. The predicted octanol–water partition coefficient (Wildman–Crippen LogP) is 6.05. The van der Waals surface area contributed by atoms with Crippen molar-refractivity contribution < 1.29 is 0 Å². The molecule has 0 spiro atoms. The summed E-state index contributed by atoms with van der Waals surface area (Å²) in [4.78, 5) is 4.96. The van der Waals surface area contributed by atoms with Gasteiger partial charge in [0.2, 0.25) is 0 Å². The van der Waals surface area contributed by atoms with E-state index in [-0.39, 0.29) is 0 Å². The SMILES string of the molecule is Brc1ccccc1N=c1c2ccccc2sc2ccccc12. The summed E-state index contributed by atoms with van der Waals surface area (Å²) in [6.07, 6.45) is 0. The molecule has 0 radical (unpaired) electrons. The first-order valence-electron chi connectivity index (χ1n) is 7.03.